The quantitative estimate of drug-likeness (QED) is 0.563. The van der Waals surface area contributed by atoms with Crippen molar-refractivity contribution < 1.29 is 14.3 Å². The summed E-state index contributed by atoms with van der Waals surface area (Å²) in [5.74, 6) is -0.957. The number of nitrogen functional groups attached to an aromatic ring is 1. The zero-order chi connectivity index (χ0) is 20.0. The van der Waals surface area contributed by atoms with Gasteiger partial charge in [0, 0.05) is 12.7 Å². The summed E-state index contributed by atoms with van der Waals surface area (Å²) in [7, 11) is 5.16. The van der Waals surface area contributed by atoms with Crippen LogP contribution in [0.3, 0.4) is 0 Å². The zero-order valence-electron chi connectivity index (χ0n) is 15.7. The summed E-state index contributed by atoms with van der Waals surface area (Å²) in [5.41, 5.74) is 6.91. The number of esters is 1. The molecule has 142 valence electrons. The normalized spacial score (nSPS) is 10.5. The van der Waals surface area contributed by atoms with E-state index in [9.17, 15) is 14.9 Å². The molecule has 0 saturated carbocycles. The van der Waals surface area contributed by atoms with Gasteiger partial charge in [0.2, 0.25) is 0 Å². The van der Waals surface area contributed by atoms with E-state index in [2.05, 4.69) is 5.32 Å². The Morgan fingerprint density at radius 1 is 1.33 bits per heavy atom. The summed E-state index contributed by atoms with van der Waals surface area (Å²) in [5, 5.41) is 12.1. The first-order valence-corrected chi connectivity index (χ1v) is 8.42. The zero-order valence-corrected chi connectivity index (χ0v) is 15.7. The van der Waals surface area contributed by atoms with Crippen LogP contribution in [0.2, 0.25) is 0 Å². The molecule has 3 N–H and O–H groups in total. The third-order valence-electron chi connectivity index (χ3n) is 4.02. The molecule has 8 heteroatoms. The lowest BCUT2D eigenvalue weighted by Gasteiger charge is -2.14. The van der Waals surface area contributed by atoms with E-state index in [1.165, 1.54) is 17.9 Å². The van der Waals surface area contributed by atoms with E-state index in [4.69, 9.17) is 10.5 Å². The largest absolute Gasteiger partial charge is 0.464 e. The molecule has 1 aromatic heterocycles. The Bertz CT molecular complexity index is 880. The van der Waals surface area contributed by atoms with Crippen LogP contribution in [-0.2, 0) is 4.74 Å². The Balaban J connectivity index is 2.40. The van der Waals surface area contributed by atoms with Crippen molar-refractivity contribution in [2.75, 3.05) is 40.0 Å². The van der Waals surface area contributed by atoms with Gasteiger partial charge in [0.25, 0.3) is 5.91 Å². The van der Waals surface area contributed by atoms with E-state index in [1.54, 1.807) is 24.3 Å². The van der Waals surface area contributed by atoms with Gasteiger partial charge in [-0.2, -0.15) is 5.26 Å². The van der Waals surface area contributed by atoms with Gasteiger partial charge in [-0.1, -0.05) is 12.1 Å². The molecule has 0 unspecified atom stereocenters. The Kier molecular flexibility index (Phi) is 6.57. The topological polar surface area (TPSA) is 113 Å². The van der Waals surface area contributed by atoms with Crippen molar-refractivity contribution in [2.24, 2.45) is 0 Å². The van der Waals surface area contributed by atoms with Gasteiger partial charge in [0.1, 0.15) is 6.07 Å². The fraction of sp³-hybridized carbons (Fsp3) is 0.316. The summed E-state index contributed by atoms with van der Waals surface area (Å²) in [6.45, 7) is 1.38. The van der Waals surface area contributed by atoms with Crippen LogP contribution in [0.25, 0.3) is 5.69 Å². The van der Waals surface area contributed by atoms with Crippen molar-refractivity contribution in [3.63, 3.8) is 0 Å². The second-order valence-electron chi connectivity index (χ2n) is 6.21. The second kappa shape index (κ2) is 8.87. The van der Waals surface area contributed by atoms with Gasteiger partial charge in [-0.25, -0.2) is 4.79 Å². The number of nitrogens with one attached hydrogen (secondary N) is 1. The predicted molar refractivity (Wildman–Crippen MR) is 102 cm³/mol. The maximum Gasteiger partial charge on any atom is 0.357 e. The van der Waals surface area contributed by atoms with Gasteiger partial charge >= 0.3 is 5.97 Å². The maximum atomic E-state index is 12.6. The molecule has 1 amide bonds. The monoisotopic (exact) mass is 369 g/mol. The molecule has 27 heavy (non-hydrogen) atoms. The molecule has 0 atom stereocenters. The van der Waals surface area contributed by atoms with Crippen LogP contribution >= 0.6 is 0 Å². The molecular formula is C19H23N5O3. The minimum absolute atomic E-state index is 0.0157. The van der Waals surface area contributed by atoms with Crippen LogP contribution in [0.1, 0.15) is 32.8 Å². The highest BCUT2D eigenvalue weighted by Gasteiger charge is 2.24. The third kappa shape index (κ3) is 4.46. The third-order valence-corrected chi connectivity index (χ3v) is 4.02. The highest BCUT2D eigenvalue weighted by Crippen LogP contribution is 2.26. The number of methoxy groups -OCH3 is 1. The van der Waals surface area contributed by atoms with Crippen molar-refractivity contribution in [1.82, 2.24) is 14.8 Å². The molecule has 8 nitrogen and oxygen atoms in total. The van der Waals surface area contributed by atoms with E-state index in [0.717, 1.165) is 13.0 Å². The van der Waals surface area contributed by atoms with Crippen LogP contribution in [0.4, 0.5) is 5.69 Å². The fourth-order valence-corrected chi connectivity index (χ4v) is 2.67. The number of hydrogen-bond donors (Lipinski definition) is 2. The molecule has 1 heterocycles. The maximum absolute atomic E-state index is 12.6. The van der Waals surface area contributed by atoms with Gasteiger partial charge in [-0.15, -0.1) is 0 Å². The Morgan fingerprint density at radius 2 is 2.04 bits per heavy atom. The van der Waals surface area contributed by atoms with Crippen molar-refractivity contribution in [1.29, 1.82) is 5.26 Å². The van der Waals surface area contributed by atoms with Crippen molar-refractivity contribution >= 4 is 17.6 Å². The van der Waals surface area contributed by atoms with Crippen LogP contribution in [0.15, 0.2) is 30.5 Å². The average molecular weight is 369 g/mol. The number of hydrogen-bond acceptors (Lipinski definition) is 6. The molecule has 0 aliphatic rings. The number of rotatable bonds is 7. The number of nitrogens with zero attached hydrogens (tertiary/aromatic N) is 3. The minimum atomic E-state index is -0.685. The fourth-order valence-electron chi connectivity index (χ4n) is 2.67. The van der Waals surface area contributed by atoms with Gasteiger partial charge in [0.05, 0.1) is 29.6 Å². The number of anilines is 1. The van der Waals surface area contributed by atoms with E-state index in [0.29, 0.717) is 17.8 Å². The SMILES string of the molecule is COC(=O)c1c(N)c(C#N)cn1-c1ccccc1C(=O)NCCCN(C)C. The molecule has 0 aliphatic heterocycles. The highest BCUT2D eigenvalue weighted by molar-refractivity contribution is 6.00. The minimum Gasteiger partial charge on any atom is -0.464 e. The second-order valence-corrected chi connectivity index (χ2v) is 6.21. The molecule has 0 aliphatic carbocycles. The summed E-state index contributed by atoms with van der Waals surface area (Å²) < 4.78 is 6.21. The van der Waals surface area contributed by atoms with Crippen LogP contribution < -0.4 is 11.1 Å². The van der Waals surface area contributed by atoms with Crippen molar-refractivity contribution in [3.8, 4) is 11.8 Å². The van der Waals surface area contributed by atoms with Crippen LogP contribution in [0.5, 0.6) is 0 Å². The van der Waals surface area contributed by atoms with E-state index in [1.807, 2.05) is 25.1 Å². The first-order chi connectivity index (χ1) is 12.9. The number of nitrogens with two attached hydrogens (primary N) is 1. The van der Waals surface area contributed by atoms with Gasteiger partial charge in [-0.05, 0) is 39.2 Å². The summed E-state index contributed by atoms with van der Waals surface area (Å²) in [6, 6.07) is 8.75. The van der Waals surface area contributed by atoms with Gasteiger partial charge in [0.15, 0.2) is 5.69 Å². The number of amides is 1. The summed E-state index contributed by atoms with van der Waals surface area (Å²) in [6.07, 6.45) is 2.24. The van der Waals surface area contributed by atoms with Crippen LogP contribution in [-0.4, -0.2) is 55.6 Å². The van der Waals surface area contributed by atoms with E-state index < -0.39 is 5.97 Å². The number of aromatic nitrogens is 1. The number of benzene rings is 1. The number of para-hydroxylation sites is 1. The number of carbonyl (C=O) groups excluding carboxylic acids is 2. The van der Waals surface area contributed by atoms with Crippen LogP contribution in [0, 0.1) is 11.3 Å². The standard InChI is InChI=1S/C19H23N5O3/c1-23(2)10-6-9-22-18(25)14-7-4-5-8-15(14)24-12-13(11-20)16(21)17(24)19(26)27-3/h4-5,7-8,12H,6,9-10,21H2,1-3H3,(H,22,25). The summed E-state index contributed by atoms with van der Waals surface area (Å²) >= 11 is 0. The molecule has 0 spiro atoms. The van der Waals surface area contributed by atoms with Gasteiger partial charge in [-0.3, -0.25) is 4.79 Å². The summed E-state index contributed by atoms with van der Waals surface area (Å²) in [4.78, 5) is 26.9. The van der Waals surface area contributed by atoms with Crippen molar-refractivity contribution in [2.45, 2.75) is 6.42 Å². The predicted octanol–water partition coefficient (Wildman–Crippen LogP) is 1.40. The molecule has 0 fully saturated rings. The lowest BCUT2D eigenvalue weighted by molar-refractivity contribution is 0.0592. The van der Waals surface area contributed by atoms with Crippen molar-refractivity contribution in [3.05, 3.63) is 47.3 Å². The van der Waals surface area contributed by atoms with E-state index >= 15 is 0 Å². The highest BCUT2D eigenvalue weighted by atomic mass is 16.5. The molecule has 1 aromatic carbocycles. The van der Waals surface area contributed by atoms with E-state index in [-0.39, 0.29) is 22.9 Å². The lowest BCUT2D eigenvalue weighted by Crippen LogP contribution is -2.28. The Labute approximate surface area is 158 Å². The molecule has 2 aromatic rings. The van der Waals surface area contributed by atoms with Gasteiger partial charge < -0.3 is 25.3 Å². The molecule has 2 rings (SSSR count). The molecule has 0 bridgehead atoms. The molecule has 0 radical (unpaired) electrons. The average Bonchev–Trinajstić information content (AvgIpc) is 3.00. The first-order valence-electron chi connectivity index (χ1n) is 8.42. The first kappa shape index (κ1) is 20.0. The number of ether oxygens (including phenoxy) is 1. The molecule has 0 saturated heterocycles. The lowest BCUT2D eigenvalue weighted by atomic mass is 10.1. The molecular weight excluding hydrogens is 346 g/mol. The smallest absolute Gasteiger partial charge is 0.357 e. The number of carbonyl (C=O) groups is 2. The Morgan fingerprint density at radius 3 is 2.67 bits per heavy atom. The number of nitriles is 1. The Hall–Kier alpha value is -3.31.